The van der Waals surface area contributed by atoms with E-state index in [-0.39, 0.29) is 11.9 Å². The monoisotopic (exact) mass is 417 g/mol. The summed E-state index contributed by atoms with van der Waals surface area (Å²) < 4.78 is 19.5. The first-order valence-corrected chi connectivity index (χ1v) is 10.0. The molecule has 0 fully saturated rings. The Morgan fingerprint density at radius 1 is 1.00 bits per heavy atom. The van der Waals surface area contributed by atoms with Gasteiger partial charge >= 0.3 is 0 Å². The second kappa shape index (κ2) is 8.28. The van der Waals surface area contributed by atoms with Crippen LogP contribution in [-0.2, 0) is 5.54 Å². The average Bonchev–Trinajstić information content (AvgIpc) is 3.21. The fraction of sp³-hybridized carbons (Fsp3) is 0.208. The summed E-state index contributed by atoms with van der Waals surface area (Å²) in [6, 6.07) is 17.9. The van der Waals surface area contributed by atoms with E-state index in [1.165, 1.54) is 12.1 Å². The van der Waals surface area contributed by atoms with E-state index < -0.39 is 5.54 Å². The summed E-state index contributed by atoms with van der Waals surface area (Å²) >= 11 is 0. The molecule has 6 nitrogen and oxygen atoms in total. The number of hydrogen-bond donors (Lipinski definition) is 2. The first-order chi connectivity index (χ1) is 14.8. The van der Waals surface area contributed by atoms with Crippen LogP contribution < -0.4 is 11.1 Å². The highest BCUT2D eigenvalue weighted by atomic mass is 19.1. The Balaban J connectivity index is 1.73. The van der Waals surface area contributed by atoms with Gasteiger partial charge in [0, 0.05) is 11.8 Å². The number of oxazole rings is 1. The highest BCUT2D eigenvalue weighted by Gasteiger charge is 2.26. The number of nitrogens with one attached hydrogen (secondary N) is 1. The van der Waals surface area contributed by atoms with Crippen LogP contribution >= 0.6 is 0 Å². The third kappa shape index (κ3) is 4.62. The topological polar surface area (TPSA) is 89.9 Å². The van der Waals surface area contributed by atoms with Crippen molar-refractivity contribution in [3.8, 4) is 22.7 Å². The number of nitrogens with two attached hydrogens (primary N) is 1. The van der Waals surface area contributed by atoms with E-state index in [0.717, 1.165) is 5.56 Å². The summed E-state index contributed by atoms with van der Waals surface area (Å²) in [6.45, 7) is 5.66. The molecule has 158 valence electrons. The molecule has 4 aromatic rings. The molecule has 0 saturated carbocycles. The zero-order valence-corrected chi connectivity index (χ0v) is 17.6. The molecule has 4 rings (SSSR count). The second-order valence-corrected chi connectivity index (χ2v) is 7.97. The summed E-state index contributed by atoms with van der Waals surface area (Å²) in [4.78, 5) is 13.6. The molecule has 3 N–H and O–H groups in total. The lowest BCUT2D eigenvalue weighted by Gasteiger charge is -2.14. The Bertz CT molecular complexity index is 1170. The Morgan fingerprint density at radius 3 is 2.39 bits per heavy atom. The van der Waals surface area contributed by atoms with Gasteiger partial charge in [-0.1, -0.05) is 30.3 Å². The minimum atomic E-state index is -0.789. The van der Waals surface area contributed by atoms with Gasteiger partial charge in [-0.15, -0.1) is 0 Å². The lowest BCUT2D eigenvalue weighted by Crippen LogP contribution is -2.28. The van der Waals surface area contributed by atoms with Crippen molar-refractivity contribution in [2.75, 3.05) is 5.32 Å². The van der Waals surface area contributed by atoms with Crippen LogP contribution in [0.1, 0.15) is 38.3 Å². The summed E-state index contributed by atoms with van der Waals surface area (Å²) in [5, 5.41) is 3.31. The van der Waals surface area contributed by atoms with E-state index in [9.17, 15) is 4.39 Å². The van der Waals surface area contributed by atoms with Gasteiger partial charge in [0.05, 0.1) is 11.6 Å². The maximum absolute atomic E-state index is 13.4. The number of aromatic nitrogens is 3. The van der Waals surface area contributed by atoms with Gasteiger partial charge < -0.3 is 15.5 Å². The third-order valence-electron chi connectivity index (χ3n) is 4.83. The van der Waals surface area contributed by atoms with Crippen molar-refractivity contribution in [3.05, 3.63) is 84.1 Å². The van der Waals surface area contributed by atoms with Crippen molar-refractivity contribution in [3.63, 3.8) is 0 Å². The van der Waals surface area contributed by atoms with Crippen LogP contribution in [0.2, 0.25) is 0 Å². The standard InChI is InChI=1S/C24H24FN5O/c1-15(16-7-5-4-6-8-16)28-23-27-14-13-19(29-23)21-20(17-9-11-18(25)12-10-17)30-22(31-21)24(2,3)26/h4-15H,26H2,1-3H3,(H,27,28,29)/t15-/m0/s1. The van der Waals surface area contributed by atoms with Gasteiger partial charge in [0.15, 0.2) is 5.76 Å². The van der Waals surface area contributed by atoms with Gasteiger partial charge in [0.1, 0.15) is 17.2 Å². The molecule has 0 spiro atoms. The third-order valence-corrected chi connectivity index (χ3v) is 4.83. The van der Waals surface area contributed by atoms with E-state index in [4.69, 9.17) is 10.2 Å². The predicted molar refractivity (Wildman–Crippen MR) is 119 cm³/mol. The maximum Gasteiger partial charge on any atom is 0.223 e. The highest BCUT2D eigenvalue weighted by Crippen LogP contribution is 2.34. The quantitative estimate of drug-likeness (QED) is 0.442. The van der Waals surface area contributed by atoms with Crippen LogP contribution in [0.4, 0.5) is 10.3 Å². The van der Waals surface area contributed by atoms with Crippen molar-refractivity contribution in [1.29, 1.82) is 0 Å². The van der Waals surface area contributed by atoms with E-state index in [2.05, 4.69) is 20.3 Å². The van der Waals surface area contributed by atoms with Gasteiger partial charge in [-0.25, -0.2) is 19.3 Å². The van der Waals surface area contributed by atoms with Gasteiger partial charge in [0.2, 0.25) is 11.8 Å². The van der Waals surface area contributed by atoms with Crippen molar-refractivity contribution in [1.82, 2.24) is 15.0 Å². The molecule has 0 bridgehead atoms. The zero-order valence-electron chi connectivity index (χ0n) is 17.6. The number of rotatable bonds is 6. The largest absolute Gasteiger partial charge is 0.436 e. The molecular formula is C24H24FN5O. The van der Waals surface area contributed by atoms with E-state index in [1.807, 2.05) is 51.1 Å². The average molecular weight is 417 g/mol. The molecule has 0 aliphatic heterocycles. The molecule has 31 heavy (non-hydrogen) atoms. The molecule has 2 aromatic heterocycles. The normalized spacial score (nSPS) is 12.5. The Morgan fingerprint density at radius 2 is 1.71 bits per heavy atom. The van der Waals surface area contributed by atoms with Gasteiger partial charge in [-0.2, -0.15) is 0 Å². The number of hydrogen-bond acceptors (Lipinski definition) is 6. The minimum absolute atomic E-state index is 0.0151. The molecule has 0 saturated heterocycles. The highest BCUT2D eigenvalue weighted by molar-refractivity contribution is 5.75. The van der Waals surface area contributed by atoms with E-state index in [1.54, 1.807) is 24.4 Å². The summed E-state index contributed by atoms with van der Waals surface area (Å²) in [5.41, 5.74) is 8.37. The zero-order chi connectivity index (χ0) is 22.0. The molecule has 0 aliphatic carbocycles. The fourth-order valence-corrected chi connectivity index (χ4v) is 3.15. The first kappa shape index (κ1) is 20.7. The molecule has 0 radical (unpaired) electrons. The van der Waals surface area contributed by atoms with Crippen LogP contribution in [0.3, 0.4) is 0 Å². The Hall–Kier alpha value is -3.58. The Labute approximate surface area is 180 Å². The van der Waals surface area contributed by atoms with Crippen LogP contribution in [0.25, 0.3) is 22.7 Å². The van der Waals surface area contributed by atoms with E-state index in [0.29, 0.717) is 34.6 Å². The van der Waals surface area contributed by atoms with Gasteiger partial charge in [-0.05, 0) is 56.7 Å². The SMILES string of the molecule is C[C@H](Nc1nccc(-c2oc(C(C)(C)N)nc2-c2ccc(F)cc2)n1)c1ccccc1. The number of anilines is 1. The summed E-state index contributed by atoms with van der Waals surface area (Å²) in [5.74, 6) is 0.964. The van der Waals surface area contributed by atoms with Crippen molar-refractivity contribution >= 4 is 5.95 Å². The molecule has 7 heteroatoms. The lowest BCUT2D eigenvalue weighted by molar-refractivity contribution is 0.383. The smallest absolute Gasteiger partial charge is 0.223 e. The van der Waals surface area contributed by atoms with Gasteiger partial charge in [0.25, 0.3) is 0 Å². The van der Waals surface area contributed by atoms with Gasteiger partial charge in [-0.3, -0.25) is 0 Å². The molecular weight excluding hydrogens is 393 g/mol. The lowest BCUT2D eigenvalue weighted by atomic mass is 10.1. The van der Waals surface area contributed by atoms with E-state index >= 15 is 0 Å². The number of halogens is 1. The van der Waals surface area contributed by atoms with Crippen LogP contribution in [-0.4, -0.2) is 15.0 Å². The molecule has 0 unspecified atom stereocenters. The molecule has 0 aliphatic rings. The minimum Gasteiger partial charge on any atom is -0.436 e. The van der Waals surface area contributed by atoms with Crippen molar-refractivity contribution in [2.24, 2.45) is 5.73 Å². The predicted octanol–water partition coefficient (Wildman–Crippen LogP) is 5.30. The second-order valence-electron chi connectivity index (χ2n) is 7.97. The summed E-state index contributed by atoms with van der Waals surface area (Å²) in [6.07, 6.45) is 1.66. The van der Waals surface area contributed by atoms with Crippen molar-refractivity contribution < 1.29 is 8.81 Å². The fourth-order valence-electron chi connectivity index (χ4n) is 3.15. The maximum atomic E-state index is 13.4. The summed E-state index contributed by atoms with van der Waals surface area (Å²) in [7, 11) is 0. The van der Waals surface area contributed by atoms with Crippen LogP contribution in [0.15, 0.2) is 71.3 Å². The number of benzene rings is 2. The van der Waals surface area contributed by atoms with Crippen molar-refractivity contribution in [2.45, 2.75) is 32.4 Å². The molecule has 0 amide bonds. The Kier molecular flexibility index (Phi) is 5.52. The van der Waals surface area contributed by atoms with Crippen LogP contribution in [0.5, 0.6) is 0 Å². The first-order valence-electron chi connectivity index (χ1n) is 10.0. The molecule has 2 heterocycles. The molecule has 1 atom stereocenters. The molecule has 2 aromatic carbocycles. The number of nitrogens with zero attached hydrogens (tertiary/aromatic N) is 3. The van der Waals surface area contributed by atoms with Crippen LogP contribution in [0, 0.1) is 5.82 Å².